The van der Waals surface area contributed by atoms with Gasteiger partial charge in [0, 0.05) is 6.54 Å². The van der Waals surface area contributed by atoms with Crippen LogP contribution < -0.4 is 5.32 Å². The second-order valence-electron chi connectivity index (χ2n) is 4.43. The van der Waals surface area contributed by atoms with Crippen molar-refractivity contribution in [2.45, 2.75) is 13.3 Å². The molecule has 0 spiro atoms. The van der Waals surface area contributed by atoms with Crippen molar-refractivity contribution in [2.75, 3.05) is 11.9 Å². The van der Waals surface area contributed by atoms with Gasteiger partial charge in [-0.15, -0.1) is 0 Å². The maximum Gasteiger partial charge on any atom is 0.157 e. The van der Waals surface area contributed by atoms with Gasteiger partial charge in [0.15, 0.2) is 11.3 Å². The van der Waals surface area contributed by atoms with E-state index in [0.717, 1.165) is 35.5 Å². The van der Waals surface area contributed by atoms with Gasteiger partial charge in [-0.25, -0.2) is 9.97 Å². The number of hydrogen-bond donors (Lipinski definition) is 2. The van der Waals surface area contributed by atoms with E-state index in [1.54, 1.807) is 6.33 Å². The Hall–Kier alpha value is -2.43. The van der Waals surface area contributed by atoms with Gasteiger partial charge in [0.25, 0.3) is 0 Å². The molecule has 2 aromatic heterocycles. The maximum atomic E-state index is 4.25. The van der Waals surface area contributed by atoms with Crippen LogP contribution in [0.2, 0.25) is 0 Å². The largest absolute Gasteiger partial charge is 0.368 e. The molecule has 0 fully saturated rings. The van der Waals surface area contributed by atoms with E-state index in [4.69, 9.17) is 0 Å². The van der Waals surface area contributed by atoms with Crippen LogP contribution in [0.4, 0.5) is 5.82 Å². The molecule has 0 unspecified atom stereocenters. The van der Waals surface area contributed by atoms with Crippen molar-refractivity contribution >= 4 is 16.9 Å². The van der Waals surface area contributed by atoms with Gasteiger partial charge < -0.3 is 5.32 Å². The number of H-pyrrole nitrogens is 1. The number of aromatic nitrogens is 4. The molecule has 0 bridgehead atoms. The minimum Gasteiger partial charge on any atom is -0.368 e. The van der Waals surface area contributed by atoms with E-state index in [-0.39, 0.29) is 0 Å². The van der Waals surface area contributed by atoms with Gasteiger partial charge in [-0.05, 0) is 18.9 Å². The fraction of sp³-hybridized carbons (Fsp3) is 0.214. The molecule has 0 atom stereocenters. The van der Waals surface area contributed by atoms with Gasteiger partial charge in [0.05, 0.1) is 5.69 Å². The van der Waals surface area contributed by atoms with E-state index in [0.29, 0.717) is 0 Å². The summed E-state index contributed by atoms with van der Waals surface area (Å²) in [5.74, 6) is 0.783. The summed E-state index contributed by atoms with van der Waals surface area (Å²) >= 11 is 0. The summed E-state index contributed by atoms with van der Waals surface area (Å²) in [6, 6.07) is 10.4. The highest BCUT2D eigenvalue weighted by molar-refractivity contribution is 5.86. The van der Waals surface area contributed by atoms with Crippen LogP contribution in [0.5, 0.6) is 0 Å². The average Bonchev–Trinajstić information content (AvgIpc) is 2.83. The Morgan fingerprint density at radius 3 is 2.79 bits per heavy atom. The molecule has 1 aromatic carbocycles. The third-order valence-electron chi connectivity index (χ3n) is 3.06. The average molecular weight is 253 g/mol. The predicted octanol–water partition coefficient (Wildman–Crippen LogP) is 2.32. The number of aromatic amines is 1. The highest BCUT2D eigenvalue weighted by atomic mass is 15.2. The number of fused-ring (bicyclic) bond motifs is 1. The van der Waals surface area contributed by atoms with Crippen molar-refractivity contribution in [1.82, 2.24) is 20.2 Å². The molecule has 5 heteroatoms. The zero-order valence-electron chi connectivity index (χ0n) is 10.7. The summed E-state index contributed by atoms with van der Waals surface area (Å²) in [6.07, 6.45) is 2.52. The van der Waals surface area contributed by atoms with E-state index in [1.807, 2.05) is 13.0 Å². The summed E-state index contributed by atoms with van der Waals surface area (Å²) in [6.45, 7) is 2.78. The highest BCUT2D eigenvalue weighted by Crippen LogP contribution is 2.18. The summed E-state index contributed by atoms with van der Waals surface area (Å²) in [7, 11) is 0. The molecule has 96 valence electrons. The van der Waals surface area contributed by atoms with Gasteiger partial charge in [0.1, 0.15) is 11.8 Å². The van der Waals surface area contributed by atoms with Crippen LogP contribution in [-0.2, 0) is 6.42 Å². The Bertz CT molecular complexity index is 675. The number of nitrogens with one attached hydrogen (secondary N) is 2. The lowest BCUT2D eigenvalue weighted by Crippen LogP contribution is -2.07. The van der Waals surface area contributed by atoms with E-state index in [1.165, 1.54) is 5.56 Å². The fourth-order valence-electron chi connectivity index (χ4n) is 2.05. The first kappa shape index (κ1) is 11.6. The molecule has 0 aliphatic carbocycles. The molecule has 0 amide bonds. The smallest absolute Gasteiger partial charge is 0.157 e. The Balaban J connectivity index is 1.72. The highest BCUT2D eigenvalue weighted by Gasteiger charge is 2.08. The van der Waals surface area contributed by atoms with Crippen molar-refractivity contribution in [1.29, 1.82) is 0 Å². The first-order valence-corrected chi connectivity index (χ1v) is 6.28. The van der Waals surface area contributed by atoms with Crippen LogP contribution in [0, 0.1) is 6.92 Å². The Labute approximate surface area is 111 Å². The van der Waals surface area contributed by atoms with Gasteiger partial charge in [-0.1, -0.05) is 30.3 Å². The SMILES string of the molecule is Cc1[nH]nc2c(NCCc3ccccc3)ncnc12. The molecular weight excluding hydrogens is 238 g/mol. The van der Waals surface area contributed by atoms with Gasteiger partial charge in [-0.2, -0.15) is 5.10 Å². The number of nitrogens with zero attached hydrogens (tertiary/aromatic N) is 3. The van der Waals surface area contributed by atoms with Gasteiger partial charge >= 0.3 is 0 Å². The molecule has 2 N–H and O–H groups in total. The van der Waals surface area contributed by atoms with E-state index >= 15 is 0 Å². The van der Waals surface area contributed by atoms with E-state index in [9.17, 15) is 0 Å². The molecule has 19 heavy (non-hydrogen) atoms. The normalized spacial score (nSPS) is 10.8. The molecule has 3 aromatic rings. The Morgan fingerprint density at radius 2 is 1.95 bits per heavy atom. The third kappa shape index (κ3) is 2.40. The predicted molar refractivity (Wildman–Crippen MR) is 75.1 cm³/mol. The lowest BCUT2D eigenvalue weighted by Gasteiger charge is -2.05. The molecule has 0 aliphatic heterocycles. The standard InChI is InChI=1S/C14H15N5/c1-10-12-13(19-18-10)14(17-9-16-12)15-8-7-11-5-3-2-4-6-11/h2-6,9H,7-8H2,1H3,(H,18,19)(H,15,16,17). The number of rotatable bonds is 4. The zero-order chi connectivity index (χ0) is 13.1. The van der Waals surface area contributed by atoms with Crippen LogP contribution in [0.3, 0.4) is 0 Å². The lowest BCUT2D eigenvalue weighted by molar-refractivity contribution is 1.00. The number of benzene rings is 1. The lowest BCUT2D eigenvalue weighted by atomic mass is 10.1. The van der Waals surface area contributed by atoms with E-state index in [2.05, 4.69) is 49.7 Å². The molecule has 0 saturated carbocycles. The van der Waals surface area contributed by atoms with Crippen molar-refractivity contribution in [3.05, 3.63) is 47.9 Å². The Kier molecular flexibility index (Phi) is 3.10. The topological polar surface area (TPSA) is 66.5 Å². The van der Waals surface area contributed by atoms with Crippen LogP contribution in [0.25, 0.3) is 11.0 Å². The number of anilines is 1. The molecule has 5 nitrogen and oxygen atoms in total. The van der Waals surface area contributed by atoms with Crippen LogP contribution in [0.15, 0.2) is 36.7 Å². The summed E-state index contributed by atoms with van der Waals surface area (Å²) in [5, 5.41) is 10.5. The second kappa shape index (κ2) is 5.06. The van der Waals surface area contributed by atoms with Gasteiger partial charge in [-0.3, -0.25) is 5.10 Å². The first-order chi connectivity index (χ1) is 9.34. The summed E-state index contributed by atoms with van der Waals surface area (Å²) in [4.78, 5) is 8.47. The number of hydrogen-bond acceptors (Lipinski definition) is 4. The Morgan fingerprint density at radius 1 is 1.11 bits per heavy atom. The van der Waals surface area contributed by atoms with Crippen molar-refractivity contribution in [3.63, 3.8) is 0 Å². The van der Waals surface area contributed by atoms with Crippen molar-refractivity contribution in [3.8, 4) is 0 Å². The molecule has 0 aliphatic rings. The molecular formula is C14H15N5. The van der Waals surface area contributed by atoms with Crippen LogP contribution >= 0.6 is 0 Å². The van der Waals surface area contributed by atoms with Crippen LogP contribution in [0.1, 0.15) is 11.3 Å². The van der Waals surface area contributed by atoms with Crippen LogP contribution in [-0.4, -0.2) is 26.7 Å². The summed E-state index contributed by atoms with van der Waals surface area (Å²) < 4.78 is 0. The second-order valence-corrected chi connectivity index (χ2v) is 4.43. The number of aryl methyl sites for hydroxylation is 1. The monoisotopic (exact) mass is 253 g/mol. The zero-order valence-corrected chi connectivity index (χ0v) is 10.7. The molecule has 2 heterocycles. The fourth-order valence-corrected chi connectivity index (χ4v) is 2.05. The van der Waals surface area contributed by atoms with Gasteiger partial charge in [0.2, 0.25) is 0 Å². The molecule has 0 saturated heterocycles. The first-order valence-electron chi connectivity index (χ1n) is 6.28. The quantitative estimate of drug-likeness (QED) is 0.748. The third-order valence-corrected chi connectivity index (χ3v) is 3.06. The summed E-state index contributed by atoms with van der Waals surface area (Å²) in [5.41, 5.74) is 3.94. The minimum absolute atomic E-state index is 0.783. The van der Waals surface area contributed by atoms with E-state index < -0.39 is 0 Å². The van der Waals surface area contributed by atoms with Crippen molar-refractivity contribution < 1.29 is 0 Å². The molecule has 3 rings (SSSR count). The maximum absolute atomic E-state index is 4.25. The molecule has 0 radical (unpaired) electrons. The van der Waals surface area contributed by atoms with Crippen molar-refractivity contribution in [2.24, 2.45) is 0 Å². The minimum atomic E-state index is 0.783.